The van der Waals surface area contributed by atoms with E-state index in [9.17, 15) is 4.39 Å². The first-order valence-electron chi connectivity index (χ1n) is 10.2. The Balaban J connectivity index is 1.51. The van der Waals surface area contributed by atoms with Gasteiger partial charge in [-0.2, -0.15) is 0 Å². The molecule has 0 saturated carbocycles. The molecule has 3 heterocycles. The zero-order valence-corrected chi connectivity index (χ0v) is 17.0. The molecular weight excluding hydrogens is 348 g/mol. The van der Waals surface area contributed by atoms with Crippen LogP contribution in [0.2, 0.25) is 0 Å². The number of hydrogen-bond acceptors (Lipinski definition) is 3. The molecule has 4 atom stereocenters. The number of piperidine rings is 1. The van der Waals surface area contributed by atoms with Crippen molar-refractivity contribution in [3.63, 3.8) is 0 Å². The van der Waals surface area contributed by atoms with E-state index in [1.165, 1.54) is 30.5 Å². The average Bonchev–Trinajstić information content (AvgIpc) is 3.40. The number of ether oxygens (including phenoxy) is 2. The quantitative estimate of drug-likeness (QED) is 0.409. The van der Waals surface area contributed by atoms with Crippen LogP contribution in [0.4, 0.5) is 4.39 Å². The molecule has 1 spiro atoms. The summed E-state index contributed by atoms with van der Waals surface area (Å²) in [4.78, 5) is 2.68. The maximum atomic E-state index is 12.3. The van der Waals surface area contributed by atoms with Crippen LogP contribution in [0.1, 0.15) is 56.2 Å². The molecule has 4 rings (SSSR count). The van der Waals surface area contributed by atoms with Gasteiger partial charge in [-0.3, -0.25) is 9.29 Å². The number of halogens is 1. The Morgan fingerprint density at radius 1 is 1.38 bits per heavy atom. The molecule has 3 nitrogen and oxygen atoms in total. The summed E-state index contributed by atoms with van der Waals surface area (Å²) in [5.74, 6) is 1.64. The van der Waals surface area contributed by atoms with Crippen LogP contribution in [-0.4, -0.2) is 43.5 Å². The first kappa shape index (κ1) is 18.7. The maximum Gasteiger partial charge on any atom is 0.126 e. The summed E-state index contributed by atoms with van der Waals surface area (Å²) in [6.45, 7) is 5.86. The molecule has 2 fully saturated rings. The minimum absolute atomic E-state index is 0.147. The number of rotatable bonds is 7. The largest absolute Gasteiger partial charge is 0.493 e. The van der Waals surface area contributed by atoms with E-state index in [1.54, 1.807) is 0 Å². The number of unbranched alkanes of at least 4 members (excludes halogenated alkanes) is 1. The molecule has 0 bridgehead atoms. The average molecular weight is 379 g/mol. The van der Waals surface area contributed by atoms with Crippen LogP contribution in [0.25, 0.3) is 0 Å². The highest BCUT2D eigenvalue weighted by atomic mass is 31.0. The van der Waals surface area contributed by atoms with Crippen molar-refractivity contribution in [2.75, 3.05) is 33.0 Å². The SMILES string of the molecule is CCC[C@@H]1CN2CCc3cc(OCCCCF)c(P)cc3[C@H]2CC12CO2. The number of alkyl halides is 1. The molecule has 0 N–H and O–H groups in total. The predicted molar refractivity (Wildman–Crippen MR) is 106 cm³/mol. The lowest BCUT2D eigenvalue weighted by Gasteiger charge is -2.46. The lowest BCUT2D eigenvalue weighted by molar-refractivity contribution is 0.0272. The van der Waals surface area contributed by atoms with E-state index in [1.807, 2.05) is 0 Å². The molecule has 3 aliphatic rings. The van der Waals surface area contributed by atoms with Crippen molar-refractivity contribution in [3.8, 4) is 5.75 Å². The maximum absolute atomic E-state index is 12.3. The molecule has 3 aliphatic heterocycles. The summed E-state index contributed by atoms with van der Waals surface area (Å²) in [6, 6.07) is 5.01. The van der Waals surface area contributed by atoms with Gasteiger partial charge in [0.15, 0.2) is 0 Å². The smallest absolute Gasteiger partial charge is 0.126 e. The lowest BCUT2D eigenvalue weighted by Crippen LogP contribution is -2.49. The van der Waals surface area contributed by atoms with E-state index in [0.717, 1.165) is 43.5 Å². The molecule has 5 heteroatoms. The zero-order chi connectivity index (χ0) is 18.1. The second-order valence-electron chi connectivity index (χ2n) is 8.14. The lowest BCUT2D eigenvalue weighted by atomic mass is 9.75. The summed E-state index contributed by atoms with van der Waals surface area (Å²) in [5.41, 5.74) is 3.03. The van der Waals surface area contributed by atoms with E-state index >= 15 is 0 Å². The fraction of sp³-hybridized carbons (Fsp3) is 0.714. The van der Waals surface area contributed by atoms with E-state index in [0.29, 0.717) is 25.0 Å². The van der Waals surface area contributed by atoms with Gasteiger partial charge in [-0.25, -0.2) is 0 Å². The van der Waals surface area contributed by atoms with Crippen LogP contribution >= 0.6 is 9.24 Å². The Kier molecular flexibility index (Phi) is 5.55. The Bertz CT molecular complexity index is 649. The van der Waals surface area contributed by atoms with Gasteiger partial charge in [0.2, 0.25) is 0 Å². The van der Waals surface area contributed by atoms with Gasteiger partial charge in [0.05, 0.1) is 25.5 Å². The van der Waals surface area contributed by atoms with Gasteiger partial charge in [-0.15, -0.1) is 9.24 Å². The molecule has 2 unspecified atom stereocenters. The van der Waals surface area contributed by atoms with Crippen LogP contribution in [0.15, 0.2) is 12.1 Å². The van der Waals surface area contributed by atoms with Crippen LogP contribution in [0, 0.1) is 5.92 Å². The number of hydrogen-bond donors (Lipinski definition) is 0. The molecule has 144 valence electrons. The Hall–Kier alpha value is -0.700. The second-order valence-corrected chi connectivity index (χ2v) is 8.76. The highest BCUT2D eigenvalue weighted by Gasteiger charge is 2.56. The van der Waals surface area contributed by atoms with Crippen LogP contribution in [0.5, 0.6) is 5.75 Å². The van der Waals surface area contributed by atoms with Crippen molar-refractivity contribution in [1.82, 2.24) is 4.90 Å². The van der Waals surface area contributed by atoms with Gasteiger partial charge in [0.25, 0.3) is 0 Å². The molecule has 0 aliphatic carbocycles. The first-order valence-corrected chi connectivity index (χ1v) is 10.7. The summed E-state index contributed by atoms with van der Waals surface area (Å²) >= 11 is 0. The van der Waals surface area contributed by atoms with Crippen LogP contribution in [-0.2, 0) is 11.2 Å². The molecule has 1 aromatic rings. The predicted octanol–water partition coefficient (Wildman–Crippen LogP) is 3.80. The van der Waals surface area contributed by atoms with Crippen molar-refractivity contribution >= 4 is 14.5 Å². The van der Waals surface area contributed by atoms with Crippen LogP contribution < -0.4 is 10.0 Å². The molecule has 0 radical (unpaired) electrons. The van der Waals surface area contributed by atoms with E-state index in [4.69, 9.17) is 9.47 Å². The summed E-state index contributed by atoms with van der Waals surface area (Å²) in [6.07, 6.45) is 6.08. The number of epoxide rings is 1. The molecule has 1 aromatic carbocycles. The highest BCUT2D eigenvalue weighted by Crippen LogP contribution is 2.52. The Morgan fingerprint density at radius 3 is 2.96 bits per heavy atom. The molecule has 26 heavy (non-hydrogen) atoms. The van der Waals surface area contributed by atoms with Crippen molar-refractivity contribution < 1.29 is 13.9 Å². The van der Waals surface area contributed by atoms with Gasteiger partial charge in [0, 0.05) is 30.4 Å². The second kappa shape index (κ2) is 7.73. The van der Waals surface area contributed by atoms with Crippen molar-refractivity contribution in [1.29, 1.82) is 0 Å². The highest BCUT2D eigenvalue weighted by molar-refractivity contribution is 7.27. The zero-order valence-electron chi connectivity index (χ0n) is 15.8. The number of fused-ring (bicyclic) bond motifs is 3. The van der Waals surface area contributed by atoms with Crippen LogP contribution in [0.3, 0.4) is 0 Å². The van der Waals surface area contributed by atoms with E-state index in [2.05, 4.69) is 33.2 Å². The minimum atomic E-state index is -0.262. The summed E-state index contributed by atoms with van der Waals surface area (Å²) in [5, 5.41) is 1.12. The third-order valence-electron chi connectivity index (χ3n) is 6.42. The summed E-state index contributed by atoms with van der Waals surface area (Å²) in [7, 11) is 2.83. The third-order valence-corrected chi connectivity index (χ3v) is 6.87. The third kappa shape index (κ3) is 3.53. The van der Waals surface area contributed by atoms with Gasteiger partial charge < -0.3 is 9.47 Å². The minimum Gasteiger partial charge on any atom is -0.493 e. The normalized spacial score (nSPS) is 30.1. The van der Waals surface area contributed by atoms with Crippen molar-refractivity contribution in [2.24, 2.45) is 5.92 Å². The van der Waals surface area contributed by atoms with Gasteiger partial charge >= 0.3 is 0 Å². The van der Waals surface area contributed by atoms with Crippen molar-refractivity contribution in [2.45, 2.75) is 57.1 Å². The number of nitrogens with zero attached hydrogens (tertiary/aromatic N) is 1. The summed E-state index contributed by atoms with van der Waals surface area (Å²) < 4.78 is 24.2. The Morgan fingerprint density at radius 2 is 2.23 bits per heavy atom. The molecule has 0 amide bonds. The topological polar surface area (TPSA) is 25.0 Å². The molecular formula is C21H31FNO2P. The van der Waals surface area contributed by atoms with E-state index in [-0.39, 0.29) is 12.3 Å². The van der Waals surface area contributed by atoms with Gasteiger partial charge in [-0.05, 0) is 55.4 Å². The standard InChI is InChI=1S/C21H31FNO2P/c1-2-5-16-13-23-8-6-15-10-19(24-9-4-3-7-22)20(26)11-17(15)18(23)12-21(16)14-25-21/h10-11,16,18H,2-9,12-14,26H2,1H3/t16-,18-,21?/m1/s1. The monoisotopic (exact) mass is 379 g/mol. The first-order chi connectivity index (χ1) is 12.7. The van der Waals surface area contributed by atoms with E-state index < -0.39 is 0 Å². The van der Waals surface area contributed by atoms with Gasteiger partial charge in [-0.1, -0.05) is 13.3 Å². The van der Waals surface area contributed by atoms with Gasteiger partial charge in [0.1, 0.15) is 5.75 Å². The van der Waals surface area contributed by atoms with Crippen molar-refractivity contribution in [3.05, 3.63) is 23.3 Å². The number of benzene rings is 1. The fourth-order valence-electron chi connectivity index (χ4n) is 4.85. The Labute approximate surface area is 158 Å². The molecule has 2 saturated heterocycles. The fourth-order valence-corrected chi connectivity index (χ4v) is 5.20. The molecule has 0 aromatic heterocycles.